The molecular weight excluding hydrogens is 256 g/mol. The van der Waals surface area contributed by atoms with Crippen LogP contribution in [0.1, 0.15) is 44.2 Å². The molecule has 1 saturated heterocycles. The topological polar surface area (TPSA) is 38.5 Å². The Morgan fingerprint density at radius 1 is 1.53 bits per heavy atom. The Morgan fingerprint density at radius 3 is 2.68 bits per heavy atom. The number of thiophene rings is 1. The van der Waals surface area contributed by atoms with Crippen molar-refractivity contribution in [1.82, 2.24) is 4.90 Å². The molecule has 0 amide bonds. The number of nitrogens with two attached hydrogens (primary N) is 1. The summed E-state index contributed by atoms with van der Waals surface area (Å²) in [5.41, 5.74) is 7.54. The molecule has 4 heteroatoms. The van der Waals surface area contributed by atoms with E-state index in [1.807, 2.05) is 11.3 Å². The highest BCUT2D eigenvalue weighted by atomic mass is 32.1. The lowest BCUT2D eigenvalue weighted by atomic mass is 9.98. The Hall–Kier alpha value is -0.420. The van der Waals surface area contributed by atoms with Gasteiger partial charge in [0.05, 0.1) is 17.7 Å². The first kappa shape index (κ1) is 15.0. The molecule has 1 fully saturated rings. The Bertz CT molecular complexity index is 428. The summed E-state index contributed by atoms with van der Waals surface area (Å²) in [6.07, 6.45) is 0.255. The van der Waals surface area contributed by atoms with Crippen molar-refractivity contribution >= 4 is 11.3 Å². The predicted molar refractivity (Wildman–Crippen MR) is 81.6 cm³/mol. The average molecular weight is 282 g/mol. The van der Waals surface area contributed by atoms with Crippen LogP contribution in [-0.4, -0.2) is 35.7 Å². The highest BCUT2D eigenvalue weighted by molar-refractivity contribution is 7.10. The van der Waals surface area contributed by atoms with Gasteiger partial charge < -0.3 is 10.5 Å². The zero-order valence-electron chi connectivity index (χ0n) is 12.6. The van der Waals surface area contributed by atoms with Crippen LogP contribution >= 0.6 is 11.3 Å². The van der Waals surface area contributed by atoms with Gasteiger partial charge >= 0.3 is 0 Å². The number of ether oxygens (including phenoxy) is 1. The fraction of sp³-hybridized carbons (Fsp3) is 0.733. The molecule has 3 unspecified atom stereocenters. The molecular formula is C15H26N2OS. The Morgan fingerprint density at radius 2 is 2.21 bits per heavy atom. The third kappa shape index (κ3) is 3.37. The summed E-state index contributed by atoms with van der Waals surface area (Å²) in [4.78, 5) is 3.90. The van der Waals surface area contributed by atoms with Crippen molar-refractivity contribution in [3.63, 3.8) is 0 Å². The van der Waals surface area contributed by atoms with Crippen LogP contribution in [0.3, 0.4) is 0 Å². The number of morpholine rings is 1. The number of hydrogen-bond acceptors (Lipinski definition) is 4. The summed E-state index contributed by atoms with van der Waals surface area (Å²) in [5.74, 6) is 0. The maximum absolute atomic E-state index is 6.29. The third-order valence-electron chi connectivity index (χ3n) is 3.66. The number of nitrogens with zero attached hydrogens (tertiary/aromatic N) is 1. The quantitative estimate of drug-likeness (QED) is 0.926. The van der Waals surface area contributed by atoms with E-state index < -0.39 is 0 Å². The van der Waals surface area contributed by atoms with Gasteiger partial charge in [-0.2, -0.15) is 0 Å². The second-order valence-electron chi connectivity index (χ2n) is 6.39. The molecule has 0 aromatic carbocycles. The molecule has 19 heavy (non-hydrogen) atoms. The van der Waals surface area contributed by atoms with Crippen LogP contribution in [0.25, 0.3) is 0 Å². The summed E-state index contributed by atoms with van der Waals surface area (Å²) in [6, 6.07) is 2.61. The Kier molecular flexibility index (Phi) is 4.35. The predicted octanol–water partition coefficient (Wildman–Crippen LogP) is 2.94. The standard InChI is InChI=1S/C15H26N2OS/c1-10-6-7-19-14(10)13(12(3)16)17-8-11(2)18-15(4,5)9-17/h6-7,11-13H,8-9,16H2,1-5H3. The summed E-state index contributed by atoms with van der Waals surface area (Å²) in [7, 11) is 0. The lowest BCUT2D eigenvalue weighted by Gasteiger charge is -2.46. The van der Waals surface area contributed by atoms with Crippen LogP contribution in [-0.2, 0) is 4.74 Å². The van der Waals surface area contributed by atoms with Crippen molar-refractivity contribution in [2.45, 2.75) is 58.4 Å². The summed E-state index contributed by atoms with van der Waals surface area (Å²) in [5, 5.41) is 2.16. The van der Waals surface area contributed by atoms with Crippen molar-refractivity contribution in [2.75, 3.05) is 13.1 Å². The van der Waals surface area contributed by atoms with E-state index in [9.17, 15) is 0 Å². The molecule has 3 atom stereocenters. The molecule has 0 radical (unpaired) electrons. The largest absolute Gasteiger partial charge is 0.370 e. The van der Waals surface area contributed by atoms with Gasteiger partial charge in [0.2, 0.25) is 0 Å². The maximum Gasteiger partial charge on any atom is 0.0757 e. The van der Waals surface area contributed by atoms with Crippen LogP contribution < -0.4 is 5.73 Å². The molecule has 108 valence electrons. The molecule has 2 heterocycles. The lowest BCUT2D eigenvalue weighted by molar-refractivity contribution is -0.139. The normalized spacial score (nSPS) is 27.2. The molecule has 2 N–H and O–H groups in total. The Labute approximate surface area is 120 Å². The third-order valence-corrected chi connectivity index (χ3v) is 4.75. The average Bonchev–Trinajstić information content (AvgIpc) is 2.61. The minimum atomic E-state index is -0.101. The van der Waals surface area contributed by atoms with E-state index in [0.29, 0.717) is 6.04 Å². The van der Waals surface area contributed by atoms with Crippen LogP contribution in [0, 0.1) is 6.92 Å². The van der Waals surface area contributed by atoms with E-state index in [2.05, 4.69) is 51.0 Å². The van der Waals surface area contributed by atoms with Gasteiger partial charge in [0.1, 0.15) is 0 Å². The molecule has 3 nitrogen and oxygen atoms in total. The van der Waals surface area contributed by atoms with Crippen molar-refractivity contribution in [3.05, 3.63) is 21.9 Å². The Balaban J connectivity index is 2.27. The monoisotopic (exact) mass is 282 g/mol. The van der Waals surface area contributed by atoms with Gasteiger partial charge in [-0.15, -0.1) is 11.3 Å². The molecule has 0 aliphatic carbocycles. The highest BCUT2D eigenvalue weighted by Gasteiger charge is 2.37. The molecule has 0 spiro atoms. The minimum Gasteiger partial charge on any atom is -0.370 e. The number of hydrogen-bond donors (Lipinski definition) is 1. The van der Waals surface area contributed by atoms with Gasteiger partial charge in [-0.25, -0.2) is 0 Å². The number of rotatable bonds is 3. The first-order valence-electron chi connectivity index (χ1n) is 7.01. The van der Waals surface area contributed by atoms with Gasteiger partial charge in [0.15, 0.2) is 0 Å². The molecule has 0 saturated carbocycles. The van der Waals surface area contributed by atoms with E-state index in [1.54, 1.807) is 0 Å². The van der Waals surface area contributed by atoms with E-state index in [0.717, 1.165) is 13.1 Å². The van der Waals surface area contributed by atoms with E-state index in [4.69, 9.17) is 10.5 Å². The van der Waals surface area contributed by atoms with Crippen molar-refractivity contribution in [1.29, 1.82) is 0 Å². The van der Waals surface area contributed by atoms with E-state index in [1.165, 1.54) is 10.4 Å². The van der Waals surface area contributed by atoms with Gasteiger partial charge in [0, 0.05) is 24.0 Å². The van der Waals surface area contributed by atoms with Gasteiger partial charge in [0.25, 0.3) is 0 Å². The fourth-order valence-corrected chi connectivity index (χ4v) is 4.32. The summed E-state index contributed by atoms with van der Waals surface area (Å²) >= 11 is 1.82. The first-order chi connectivity index (χ1) is 8.80. The lowest BCUT2D eigenvalue weighted by Crippen LogP contribution is -2.55. The summed E-state index contributed by atoms with van der Waals surface area (Å²) in [6.45, 7) is 12.6. The fourth-order valence-electron chi connectivity index (χ4n) is 3.14. The van der Waals surface area contributed by atoms with Crippen LogP contribution in [0.2, 0.25) is 0 Å². The summed E-state index contributed by atoms with van der Waals surface area (Å²) < 4.78 is 6.00. The molecule has 1 aromatic heterocycles. The first-order valence-corrected chi connectivity index (χ1v) is 7.89. The van der Waals surface area contributed by atoms with E-state index >= 15 is 0 Å². The van der Waals surface area contributed by atoms with E-state index in [-0.39, 0.29) is 17.7 Å². The highest BCUT2D eigenvalue weighted by Crippen LogP contribution is 2.34. The van der Waals surface area contributed by atoms with Crippen LogP contribution in [0.5, 0.6) is 0 Å². The number of aryl methyl sites for hydroxylation is 1. The smallest absolute Gasteiger partial charge is 0.0757 e. The van der Waals surface area contributed by atoms with Crippen molar-refractivity contribution in [2.24, 2.45) is 5.73 Å². The maximum atomic E-state index is 6.29. The molecule has 1 aliphatic heterocycles. The van der Waals surface area contributed by atoms with Crippen molar-refractivity contribution < 1.29 is 4.74 Å². The molecule has 1 aliphatic rings. The molecule has 0 bridgehead atoms. The zero-order chi connectivity index (χ0) is 14.2. The SMILES string of the molecule is Cc1ccsc1C(C(C)N)N1CC(C)OC(C)(C)C1. The minimum absolute atomic E-state index is 0.101. The molecule has 1 aromatic rings. The van der Waals surface area contributed by atoms with Gasteiger partial charge in [-0.1, -0.05) is 0 Å². The molecule has 2 rings (SSSR count). The van der Waals surface area contributed by atoms with Gasteiger partial charge in [-0.05, 0) is 51.6 Å². The van der Waals surface area contributed by atoms with Crippen LogP contribution in [0.15, 0.2) is 11.4 Å². The van der Waals surface area contributed by atoms with Crippen molar-refractivity contribution in [3.8, 4) is 0 Å². The second kappa shape index (κ2) is 5.52. The van der Waals surface area contributed by atoms with Gasteiger partial charge in [-0.3, -0.25) is 4.90 Å². The second-order valence-corrected chi connectivity index (χ2v) is 7.34. The zero-order valence-corrected chi connectivity index (χ0v) is 13.5. The van der Waals surface area contributed by atoms with Crippen LogP contribution in [0.4, 0.5) is 0 Å².